The summed E-state index contributed by atoms with van der Waals surface area (Å²) in [5.74, 6) is 2.51. The third kappa shape index (κ3) is 3.56. The summed E-state index contributed by atoms with van der Waals surface area (Å²) in [5, 5.41) is 6.91. The Labute approximate surface area is 122 Å². The molecular formula is C14H18N4O3. The van der Waals surface area contributed by atoms with Crippen LogP contribution in [-0.2, 0) is 22.6 Å². The van der Waals surface area contributed by atoms with Crippen molar-refractivity contribution in [3.63, 3.8) is 0 Å². The van der Waals surface area contributed by atoms with Crippen LogP contribution in [0.3, 0.4) is 0 Å². The predicted molar refractivity (Wildman–Crippen MR) is 74.8 cm³/mol. The first-order valence-corrected chi connectivity index (χ1v) is 6.93. The van der Waals surface area contributed by atoms with E-state index in [1.54, 1.807) is 13.3 Å². The van der Waals surface area contributed by atoms with Crippen LogP contribution in [0, 0.1) is 0 Å². The molecule has 3 rings (SSSR count). The van der Waals surface area contributed by atoms with E-state index in [4.69, 9.17) is 14.0 Å². The van der Waals surface area contributed by atoms with Gasteiger partial charge < -0.3 is 19.3 Å². The number of ether oxygens (including phenoxy) is 2. The monoisotopic (exact) mass is 290 g/mol. The van der Waals surface area contributed by atoms with E-state index < -0.39 is 0 Å². The van der Waals surface area contributed by atoms with Crippen molar-refractivity contribution in [2.75, 3.05) is 25.6 Å². The van der Waals surface area contributed by atoms with Gasteiger partial charge in [-0.1, -0.05) is 5.16 Å². The van der Waals surface area contributed by atoms with Crippen LogP contribution in [0.25, 0.3) is 0 Å². The SMILES string of the molecule is COCc1nc(NCc2ccno2)cc([C@H]2CCOC2)n1. The molecule has 21 heavy (non-hydrogen) atoms. The first kappa shape index (κ1) is 14.0. The average molecular weight is 290 g/mol. The molecule has 2 aromatic heterocycles. The van der Waals surface area contributed by atoms with E-state index in [-0.39, 0.29) is 0 Å². The first-order valence-electron chi connectivity index (χ1n) is 6.93. The van der Waals surface area contributed by atoms with Gasteiger partial charge in [-0.2, -0.15) is 0 Å². The van der Waals surface area contributed by atoms with Gasteiger partial charge in [0.2, 0.25) is 0 Å². The van der Waals surface area contributed by atoms with Crippen LogP contribution in [0.15, 0.2) is 22.9 Å². The molecule has 0 amide bonds. The van der Waals surface area contributed by atoms with Gasteiger partial charge in [-0.3, -0.25) is 0 Å². The maximum absolute atomic E-state index is 5.43. The van der Waals surface area contributed by atoms with Gasteiger partial charge in [-0.25, -0.2) is 9.97 Å². The zero-order valence-electron chi connectivity index (χ0n) is 11.9. The highest BCUT2D eigenvalue weighted by molar-refractivity contribution is 5.37. The minimum Gasteiger partial charge on any atom is -0.381 e. The normalized spacial score (nSPS) is 18.0. The molecule has 0 aliphatic carbocycles. The van der Waals surface area contributed by atoms with E-state index in [1.165, 1.54) is 0 Å². The molecule has 1 saturated heterocycles. The third-order valence-electron chi connectivity index (χ3n) is 3.35. The Morgan fingerprint density at radius 1 is 1.43 bits per heavy atom. The molecule has 1 fully saturated rings. The Bertz CT molecular complexity index is 568. The zero-order chi connectivity index (χ0) is 14.5. The maximum atomic E-state index is 5.43. The summed E-state index contributed by atoms with van der Waals surface area (Å²) in [6, 6.07) is 3.78. The summed E-state index contributed by atoms with van der Waals surface area (Å²) in [5.41, 5.74) is 0.995. The summed E-state index contributed by atoms with van der Waals surface area (Å²) >= 11 is 0. The van der Waals surface area contributed by atoms with E-state index in [0.29, 0.717) is 31.5 Å². The van der Waals surface area contributed by atoms with Crippen molar-refractivity contribution >= 4 is 5.82 Å². The van der Waals surface area contributed by atoms with Gasteiger partial charge in [0.25, 0.3) is 0 Å². The van der Waals surface area contributed by atoms with Crippen molar-refractivity contribution in [3.05, 3.63) is 35.6 Å². The Kier molecular flexibility index (Phi) is 4.42. The Hall–Kier alpha value is -1.99. The summed E-state index contributed by atoms with van der Waals surface area (Å²) < 4.78 is 15.6. The maximum Gasteiger partial charge on any atom is 0.156 e. The lowest BCUT2D eigenvalue weighted by Crippen LogP contribution is -2.10. The van der Waals surface area contributed by atoms with Crippen LogP contribution in [0.1, 0.15) is 29.6 Å². The smallest absolute Gasteiger partial charge is 0.156 e. The summed E-state index contributed by atoms with van der Waals surface area (Å²) in [4.78, 5) is 9.00. The fourth-order valence-corrected chi connectivity index (χ4v) is 2.29. The fraction of sp³-hybridized carbons (Fsp3) is 0.500. The van der Waals surface area contributed by atoms with E-state index in [0.717, 1.165) is 30.3 Å². The number of nitrogens with zero attached hydrogens (tertiary/aromatic N) is 3. The molecule has 1 aliphatic rings. The molecule has 0 saturated carbocycles. The Morgan fingerprint density at radius 2 is 2.38 bits per heavy atom. The second kappa shape index (κ2) is 6.64. The Balaban J connectivity index is 1.77. The van der Waals surface area contributed by atoms with E-state index >= 15 is 0 Å². The molecule has 7 nitrogen and oxygen atoms in total. The highest BCUT2D eigenvalue weighted by Gasteiger charge is 2.20. The molecule has 0 spiro atoms. The average Bonchev–Trinajstić information content (AvgIpc) is 3.19. The fourth-order valence-electron chi connectivity index (χ4n) is 2.29. The molecule has 1 aliphatic heterocycles. The second-order valence-electron chi connectivity index (χ2n) is 4.92. The van der Waals surface area contributed by atoms with Crippen LogP contribution in [0.5, 0.6) is 0 Å². The van der Waals surface area contributed by atoms with Crippen LogP contribution >= 0.6 is 0 Å². The number of hydrogen-bond acceptors (Lipinski definition) is 7. The van der Waals surface area contributed by atoms with Gasteiger partial charge in [0.15, 0.2) is 11.6 Å². The van der Waals surface area contributed by atoms with Crippen molar-refractivity contribution in [2.45, 2.75) is 25.5 Å². The van der Waals surface area contributed by atoms with Gasteiger partial charge in [0.05, 0.1) is 25.0 Å². The molecular weight excluding hydrogens is 272 g/mol. The third-order valence-corrected chi connectivity index (χ3v) is 3.35. The van der Waals surface area contributed by atoms with Crippen molar-refractivity contribution < 1.29 is 14.0 Å². The Morgan fingerprint density at radius 3 is 3.10 bits per heavy atom. The minimum absolute atomic E-state index is 0.328. The second-order valence-corrected chi connectivity index (χ2v) is 4.92. The molecule has 2 aromatic rings. The zero-order valence-corrected chi connectivity index (χ0v) is 11.9. The summed E-state index contributed by atoms with van der Waals surface area (Å²) in [6.45, 7) is 2.42. The highest BCUT2D eigenvalue weighted by atomic mass is 16.5. The van der Waals surface area contributed by atoms with Crippen LogP contribution < -0.4 is 5.32 Å². The van der Waals surface area contributed by atoms with Gasteiger partial charge in [0.1, 0.15) is 12.4 Å². The lowest BCUT2D eigenvalue weighted by Gasteiger charge is -2.12. The van der Waals surface area contributed by atoms with Gasteiger partial charge in [0, 0.05) is 31.8 Å². The number of rotatable bonds is 6. The lowest BCUT2D eigenvalue weighted by molar-refractivity contribution is 0.177. The summed E-state index contributed by atoms with van der Waals surface area (Å²) in [6.07, 6.45) is 2.61. The van der Waals surface area contributed by atoms with Crippen molar-refractivity contribution in [1.82, 2.24) is 15.1 Å². The standard InChI is InChI=1S/C14H18N4O3/c1-19-9-14-17-12(10-3-5-20-8-10)6-13(18-14)15-7-11-2-4-16-21-11/h2,4,6,10H,3,5,7-9H2,1H3,(H,15,17,18)/t10-/m0/s1. The number of hydrogen-bond donors (Lipinski definition) is 1. The topological polar surface area (TPSA) is 82.3 Å². The molecule has 1 N–H and O–H groups in total. The van der Waals surface area contributed by atoms with Crippen molar-refractivity contribution in [3.8, 4) is 0 Å². The van der Waals surface area contributed by atoms with E-state index in [2.05, 4.69) is 20.4 Å². The van der Waals surface area contributed by atoms with Gasteiger partial charge >= 0.3 is 0 Å². The molecule has 0 unspecified atom stereocenters. The lowest BCUT2D eigenvalue weighted by atomic mass is 10.0. The largest absolute Gasteiger partial charge is 0.381 e. The van der Waals surface area contributed by atoms with E-state index in [1.807, 2.05) is 12.1 Å². The van der Waals surface area contributed by atoms with Gasteiger partial charge in [-0.05, 0) is 6.42 Å². The number of aromatic nitrogens is 3. The first-order chi connectivity index (χ1) is 10.3. The molecule has 0 radical (unpaired) electrons. The van der Waals surface area contributed by atoms with Crippen molar-refractivity contribution in [2.24, 2.45) is 0 Å². The molecule has 3 heterocycles. The molecule has 7 heteroatoms. The molecule has 112 valence electrons. The molecule has 0 aromatic carbocycles. The number of anilines is 1. The molecule has 0 bridgehead atoms. The van der Waals surface area contributed by atoms with Crippen LogP contribution in [0.4, 0.5) is 5.82 Å². The summed E-state index contributed by atoms with van der Waals surface area (Å²) in [7, 11) is 1.64. The minimum atomic E-state index is 0.328. The van der Waals surface area contributed by atoms with Crippen molar-refractivity contribution in [1.29, 1.82) is 0 Å². The number of nitrogens with one attached hydrogen (secondary N) is 1. The van der Waals surface area contributed by atoms with E-state index in [9.17, 15) is 0 Å². The quantitative estimate of drug-likeness (QED) is 0.867. The van der Waals surface area contributed by atoms with Crippen LogP contribution in [-0.4, -0.2) is 35.4 Å². The predicted octanol–water partition coefficient (Wildman–Crippen LogP) is 1.73. The highest BCUT2D eigenvalue weighted by Crippen LogP contribution is 2.25. The number of methoxy groups -OCH3 is 1. The van der Waals surface area contributed by atoms with Gasteiger partial charge in [-0.15, -0.1) is 0 Å². The van der Waals surface area contributed by atoms with Crippen LogP contribution in [0.2, 0.25) is 0 Å². The molecule has 1 atom stereocenters.